The molecule has 14 heavy (non-hydrogen) atoms. The molecule has 0 bridgehead atoms. The lowest BCUT2D eigenvalue weighted by Crippen LogP contribution is -1.77. The van der Waals surface area contributed by atoms with Gasteiger partial charge >= 0.3 is 0 Å². The second kappa shape index (κ2) is 3.46. The summed E-state index contributed by atoms with van der Waals surface area (Å²) in [6.45, 7) is 1.85. The lowest BCUT2D eigenvalue weighted by Gasteiger charge is -1.97. The second-order valence-corrected chi connectivity index (χ2v) is 3.61. The molecular formula is C10H8BrNO2. The number of phenolic OH excluding ortho intramolecular Hbond substituents is 1. The third-order valence-corrected chi connectivity index (χ3v) is 2.22. The van der Waals surface area contributed by atoms with Crippen LogP contribution in [0.1, 0.15) is 5.69 Å². The second-order valence-electron chi connectivity index (χ2n) is 2.93. The van der Waals surface area contributed by atoms with Crippen molar-refractivity contribution in [2.75, 3.05) is 0 Å². The summed E-state index contributed by atoms with van der Waals surface area (Å²) in [6, 6.07) is 6.88. The van der Waals surface area contributed by atoms with Gasteiger partial charge in [-0.2, -0.15) is 0 Å². The molecule has 1 aromatic carbocycles. The van der Waals surface area contributed by atoms with Gasteiger partial charge in [-0.15, -0.1) is 0 Å². The molecule has 2 aromatic rings. The molecule has 0 aliphatic heterocycles. The topological polar surface area (TPSA) is 46.3 Å². The van der Waals surface area contributed by atoms with Gasteiger partial charge in [0.1, 0.15) is 5.75 Å². The van der Waals surface area contributed by atoms with E-state index in [1.165, 1.54) is 0 Å². The molecule has 4 heteroatoms. The number of hydrogen-bond acceptors (Lipinski definition) is 3. The largest absolute Gasteiger partial charge is 0.508 e. The maximum absolute atomic E-state index is 9.30. The van der Waals surface area contributed by atoms with Crippen LogP contribution in [0.25, 0.3) is 11.3 Å². The molecule has 0 aliphatic rings. The third kappa shape index (κ3) is 1.65. The molecule has 0 saturated heterocycles. The maximum Gasteiger partial charge on any atom is 0.264 e. The first-order valence-corrected chi connectivity index (χ1v) is 4.88. The summed E-state index contributed by atoms with van der Waals surface area (Å²) in [4.78, 5) is 4.54. The molecular weight excluding hydrogens is 246 g/mol. The molecule has 0 atom stereocenters. The molecule has 3 nitrogen and oxygen atoms in total. The van der Waals surface area contributed by atoms with Gasteiger partial charge in [-0.25, -0.2) is 4.98 Å². The highest BCUT2D eigenvalue weighted by Crippen LogP contribution is 2.28. The fourth-order valence-electron chi connectivity index (χ4n) is 1.28. The van der Waals surface area contributed by atoms with Crippen molar-refractivity contribution < 1.29 is 9.52 Å². The van der Waals surface area contributed by atoms with Crippen LogP contribution < -0.4 is 0 Å². The Labute approximate surface area is 89.5 Å². The van der Waals surface area contributed by atoms with Crippen LogP contribution in [0.4, 0.5) is 0 Å². The average Bonchev–Trinajstić information content (AvgIpc) is 2.45. The molecule has 2 rings (SSSR count). The Morgan fingerprint density at radius 2 is 2.21 bits per heavy atom. The Bertz CT molecular complexity index is 465. The molecule has 0 radical (unpaired) electrons. The minimum Gasteiger partial charge on any atom is -0.508 e. The van der Waals surface area contributed by atoms with Gasteiger partial charge in [0.15, 0.2) is 5.76 Å². The van der Waals surface area contributed by atoms with E-state index < -0.39 is 0 Å². The number of aromatic nitrogens is 1. The van der Waals surface area contributed by atoms with Crippen molar-refractivity contribution in [1.29, 1.82) is 0 Å². The highest BCUT2D eigenvalue weighted by Gasteiger charge is 2.09. The summed E-state index contributed by atoms with van der Waals surface area (Å²) in [5.74, 6) is 0.891. The van der Waals surface area contributed by atoms with Crippen LogP contribution in [0.2, 0.25) is 0 Å². The standard InChI is InChI=1S/C10H8BrNO2/c1-6-9(14-10(11)12-6)7-3-2-4-8(13)5-7/h2-5,13H,1H3. The molecule has 0 amide bonds. The number of hydrogen-bond donors (Lipinski definition) is 1. The first kappa shape index (κ1) is 9.27. The van der Waals surface area contributed by atoms with Gasteiger partial charge in [0.05, 0.1) is 5.69 Å². The van der Waals surface area contributed by atoms with Crippen molar-refractivity contribution in [1.82, 2.24) is 4.98 Å². The first-order chi connectivity index (χ1) is 6.66. The van der Waals surface area contributed by atoms with E-state index in [9.17, 15) is 5.11 Å². The number of phenols is 1. The van der Waals surface area contributed by atoms with Gasteiger partial charge in [-0.1, -0.05) is 12.1 Å². The summed E-state index contributed by atoms with van der Waals surface area (Å²) in [5, 5.41) is 9.30. The lowest BCUT2D eigenvalue weighted by atomic mass is 10.1. The molecule has 0 unspecified atom stereocenters. The van der Waals surface area contributed by atoms with Gasteiger partial charge in [-0.05, 0) is 19.1 Å². The highest BCUT2D eigenvalue weighted by molar-refractivity contribution is 9.10. The fraction of sp³-hybridized carbons (Fsp3) is 0.100. The summed E-state index contributed by atoms with van der Waals surface area (Å²) in [7, 11) is 0. The predicted molar refractivity (Wildman–Crippen MR) is 56.0 cm³/mol. The molecule has 0 fully saturated rings. The third-order valence-electron chi connectivity index (χ3n) is 1.88. The number of rotatable bonds is 1. The van der Waals surface area contributed by atoms with E-state index in [0.717, 1.165) is 11.3 Å². The zero-order chi connectivity index (χ0) is 10.1. The van der Waals surface area contributed by atoms with E-state index in [4.69, 9.17) is 4.42 Å². The Kier molecular flexibility index (Phi) is 2.29. The number of oxazole rings is 1. The smallest absolute Gasteiger partial charge is 0.264 e. The first-order valence-electron chi connectivity index (χ1n) is 4.09. The average molecular weight is 254 g/mol. The van der Waals surface area contributed by atoms with Crippen LogP contribution in [0.15, 0.2) is 33.5 Å². The molecule has 72 valence electrons. The van der Waals surface area contributed by atoms with Gasteiger partial charge in [0, 0.05) is 21.5 Å². The summed E-state index contributed by atoms with van der Waals surface area (Å²) < 4.78 is 5.35. The molecule has 1 N–H and O–H groups in total. The molecule has 1 aromatic heterocycles. The van der Waals surface area contributed by atoms with Gasteiger partial charge in [0.2, 0.25) is 0 Å². The Balaban J connectivity index is 2.54. The quantitative estimate of drug-likeness (QED) is 0.850. The number of aromatic hydroxyl groups is 1. The number of benzene rings is 1. The van der Waals surface area contributed by atoms with E-state index in [-0.39, 0.29) is 5.75 Å². The van der Waals surface area contributed by atoms with E-state index >= 15 is 0 Å². The van der Waals surface area contributed by atoms with Crippen LogP contribution >= 0.6 is 15.9 Å². The van der Waals surface area contributed by atoms with Crippen molar-refractivity contribution in [3.05, 3.63) is 34.8 Å². The molecule has 0 aliphatic carbocycles. The van der Waals surface area contributed by atoms with Crippen LogP contribution in [-0.2, 0) is 0 Å². The minimum atomic E-state index is 0.217. The zero-order valence-corrected chi connectivity index (χ0v) is 9.08. The zero-order valence-electron chi connectivity index (χ0n) is 7.49. The van der Waals surface area contributed by atoms with Crippen LogP contribution in [0.5, 0.6) is 5.75 Å². The predicted octanol–water partition coefficient (Wildman–Crippen LogP) is 3.12. The van der Waals surface area contributed by atoms with E-state index in [1.54, 1.807) is 18.2 Å². The highest BCUT2D eigenvalue weighted by atomic mass is 79.9. The van der Waals surface area contributed by atoms with Crippen molar-refractivity contribution in [2.24, 2.45) is 0 Å². The van der Waals surface area contributed by atoms with E-state index in [0.29, 0.717) is 10.6 Å². The van der Waals surface area contributed by atoms with E-state index in [1.807, 2.05) is 13.0 Å². The number of nitrogens with zero attached hydrogens (tertiary/aromatic N) is 1. The Morgan fingerprint density at radius 1 is 1.43 bits per heavy atom. The summed E-state index contributed by atoms with van der Waals surface area (Å²) >= 11 is 3.16. The van der Waals surface area contributed by atoms with Crippen molar-refractivity contribution in [2.45, 2.75) is 6.92 Å². The SMILES string of the molecule is Cc1nc(Br)oc1-c1cccc(O)c1. The molecule has 0 saturated carbocycles. The number of halogens is 1. The van der Waals surface area contributed by atoms with Gasteiger partial charge in [0.25, 0.3) is 4.80 Å². The van der Waals surface area contributed by atoms with Crippen molar-refractivity contribution in [3.63, 3.8) is 0 Å². The lowest BCUT2D eigenvalue weighted by molar-refractivity contribution is 0.475. The van der Waals surface area contributed by atoms with E-state index in [2.05, 4.69) is 20.9 Å². The Hall–Kier alpha value is -1.29. The summed E-state index contributed by atoms with van der Waals surface area (Å²) in [5.41, 5.74) is 1.61. The van der Waals surface area contributed by atoms with Gasteiger partial charge < -0.3 is 9.52 Å². The van der Waals surface area contributed by atoms with Crippen molar-refractivity contribution in [3.8, 4) is 17.1 Å². The molecule has 0 spiro atoms. The van der Waals surface area contributed by atoms with Crippen LogP contribution in [0.3, 0.4) is 0 Å². The fourth-order valence-corrected chi connectivity index (χ4v) is 1.71. The minimum absolute atomic E-state index is 0.217. The monoisotopic (exact) mass is 253 g/mol. The molecule has 1 heterocycles. The summed E-state index contributed by atoms with van der Waals surface area (Å²) in [6.07, 6.45) is 0. The normalized spacial score (nSPS) is 10.4. The Morgan fingerprint density at radius 3 is 2.79 bits per heavy atom. The van der Waals surface area contributed by atoms with Gasteiger partial charge in [-0.3, -0.25) is 0 Å². The van der Waals surface area contributed by atoms with Crippen LogP contribution in [-0.4, -0.2) is 10.1 Å². The van der Waals surface area contributed by atoms with Crippen molar-refractivity contribution >= 4 is 15.9 Å². The maximum atomic E-state index is 9.30. The van der Waals surface area contributed by atoms with Crippen LogP contribution in [0, 0.1) is 6.92 Å². The number of aryl methyl sites for hydroxylation is 1.